The molecule has 6 heteroatoms. The molecular formula is C20H30N2O3S. The van der Waals surface area contributed by atoms with Crippen molar-refractivity contribution in [1.29, 1.82) is 0 Å². The van der Waals surface area contributed by atoms with Gasteiger partial charge in [-0.2, -0.15) is 0 Å². The van der Waals surface area contributed by atoms with Crippen LogP contribution in [-0.2, 0) is 14.8 Å². The van der Waals surface area contributed by atoms with Crippen LogP contribution in [0.3, 0.4) is 0 Å². The Morgan fingerprint density at radius 3 is 2.65 bits per heavy atom. The minimum atomic E-state index is -3.39. The van der Waals surface area contributed by atoms with Crippen LogP contribution in [0.15, 0.2) is 29.8 Å². The number of amides is 1. The molecule has 0 aromatic heterocycles. The number of rotatable bonds is 8. The van der Waals surface area contributed by atoms with E-state index in [9.17, 15) is 13.2 Å². The predicted molar refractivity (Wildman–Crippen MR) is 107 cm³/mol. The van der Waals surface area contributed by atoms with E-state index in [1.54, 1.807) is 0 Å². The smallest absolute Gasteiger partial charge is 0.232 e. The topological polar surface area (TPSA) is 66.5 Å². The maximum Gasteiger partial charge on any atom is 0.232 e. The molecule has 0 spiro atoms. The highest BCUT2D eigenvalue weighted by Crippen LogP contribution is 2.24. The summed E-state index contributed by atoms with van der Waals surface area (Å²) in [7, 11) is -3.39. The number of allylic oxidation sites excluding steroid dienone is 1. The standard InChI is InChI=1S/C20H30N2O3S/c1-16-11-12-17(2)19(14-16)22(26(3,24)25)13-7-10-20(23)21-15-18-8-5-4-6-9-18/h8,11-12,14H,4-7,9-10,13,15H2,1-3H3,(H,21,23). The lowest BCUT2D eigenvalue weighted by Gasteiger charge is -2.24. The van der Waals surface area contributed by atoms with Crippen LogP contribution < -0.4 is 9.62 Å². The summed E-state index contributed by atoms with van der Waals surface area (Å²) in [5.74, 6) is -0.0223. The Hall–Kier alpha value is -1.82. The van der Waals surface area contributed by atoms with Crippen molar-refractivity contribution in [3.8, 4) is 0 Å². The minimum absolute atomic E-state index is 0.0223. The van der Waals surface area contributed by atoms with E-state index in [0.717, 1.165) is 24.0 Å². The molecule has 0 atom stereocenters. The Kier molecular flexibility index (Phi) is 7.26. The van der Waals surface area contributed by atoms with Gasteiger partial charge in [0.25, 0.3) is 0 Å². The van der Waals surface area contributed by atoms with Crippen LogP contribution in [0.5, 0.6) is 0 Å². The molecule has 5 nitrogen and oxygen atoms in total. The van der Waals surface area contributed by atoms with Gasteiger partial charge >= 0.3 is 0 Å². The number of nitrogens with zero attached hydrogens (tertiary/aromatic N) is 1. The molecule has 1 N–H and O–H groups in total. The van der Waals surface area contributed by atoms with Crippen LogP contribution >= 0.6 is 0 Å². The minimum Gasteiger partial charge on any atom is -0.352 e. The molecule has 0 heterocycles. The Labute approximate surface area is 157 Å². The summed E-state index contributed by atoms with van der Waals surface area (Å²) in [5.41, 5.74) is 3.92. The van der Waals surface area contributed by atoms with Crippen LogP contribution in [0.4, 0.5) is 5.69 Å². The van der Waals surface area contributed by atoms with Gasteiger partial charge in [-0.15, -0.1) is 0 Å². The summed E-state index contributed by atoms with van der Waals surface area (Å²) in [6.07, 6.45) is 8.84. The number of carbonyl (C=O) groups is 1. The van der Waals surface area contributed by atoms with Crippen molar-refractivity contribution in [3.05, 3.63) is 41.0 Å². The number of hydrogen-bond acceptors (Lipinski definition) is 3. The SMILES string of the molecule is Cc1ccc(C)c(N(CCCC(=O)NCC2=CCCCC2)S(C)(=O)=O)c1. The number of hydrogen-bond donors (Lipinski definition) is 1. The van der Waals surface area contributed by atoms with Crippen molar-refractivity contribution in [2.75, 3.05) is 23.7 Å². The third-order valence-electron chi connectivity index (χ3n) is 4.70. The first-order chi connectivity index (χ1) is 12.3. The molecule has 1 amide bonds. The summed E-state index contributed by atoms with van der Waals surface area (Å²) in [6, 6.07) is 5.77. The summed E-state index contributed by atoms with van der Waals surface area (Å²) < 4.78 is 25.9. The second-order valence-electron chi connectivity index (χ2n) is 7.11. The lowest BCUT2D eigenvalue weighted by molar-refractivity contribution is -0.120. The number of anilines is 1. The van der Waals surface area contributed by atoms with Gasteiger partial charge in [-0.05, 0) is 63.1 Å². The number of sulfonamides is 1. The highest BCUT2D eigenvalue weighted by molar-refractivity contribution is 7.92. The zero-order valence-corrected chi connectivity index (χ0v) is 16.9. The highest BCUT2D eigenvalue weighted by Gasteiger charge is 2.19. The second kappa shape index (κ2) is 9.21. The first-order valence-corrected chi connectivity index (χ1v) is 11.1. The zero-order chi connectivity index (χ0) is 19.2. The van der Waals surface area contributed by atoms with Gasteiger partial charge in [0.1, 0.15) is 0 Å². The number of carbonyl (C=O) groups excluding carboxylic acids is 1. The Morgan fingerprint density at radius 2 is 2.00 bits per heavy atom. The Morgan fingerprint density at radius 1 is 1.23 bits per heavy atom. The molecule has 0 bridgehead atoms. The highest BCUT2D eigenvalue weighted by atomic mass is 32.2. The van der Waals surface area contributed by atoms with Crippen molar-refractivity contribution in [2.45, 2.75) is 52.4 Å². The maximum absolute atomic E-state index is 12.2. The zero-order valence-electron chi connectivity index (χ0n) is 16.0. The average Bonchev–Trinajstić information content (AvgIpc) is 2.59. The van der Waals surface area contributed by atoms with Gasteiger partial charge in [0.05, 0.1) is 11.9 Å². The van der Waals surface area contributed by atoms with E-state index in [-0.39, 0.29) is 5.91 Å². The van der Waals surface area contributed by atoms with Crippen LogP contribution in [0.2, 0.25) is 0 Å². The molecule has 1 aliphatic rings. The molecule has 1 aromatic carbocycles. The van der Waals surface area contributed by atoms with E-state index >= 15 is 0 Å². The molecule has 144 valence electrons. The van der Waals surface area contributed by atoms with Crippen molar-refractivity contribution in [3.63, 3.8) is 0 Å². The fourth-order valence-corrected chi connectivity index (χ4v) is 4.22. The van der Waals surface area contributed by atoms with Gasteiger partial charge in [0, 0.05) is 19.5 Å². The van der Waals surface area contributed by atoms with E-state index in [1.165, 1.54) is 29.0 Å². The average molecular weight is 379 g/mol. The maximum atomic E-state index is 12.2. The van der Waals surface area contributed by atoms with Crippen LogP contribution in [-0.4, -0.2) is 33.7 Å². The fourth-order valence-electron chi connectivity index (χ4n) is 3.20. The molecule has 2 rings (SSSR count). The quantitative estimate of drug-likeness (QED) is 0.705. The molecule has 0 saturated carbocycles. The van der Waals surface area contributed by atoms with E-state index in [4.69, 9.17) is 0 Å². The number of aryl methyl sites for hydroxylation is 2. The van der Waals surface area contributed by atoms with E-state index in [2.05, 4.69) is 11.4 Å². The normalized spacial score (nSPS) is 14.7. The van der Waals surface area contributed by atoms with Crippen molar-refractivity contribution in [1.82, 2.24) is 5.32 Å². The summed E-state index contributed by atoms with van der Waals surface area (Å²) >= 11 is 0. The van der Waals surface area contributed by atoms with Crippen LogP contribution in [0.1, 0.15) is 49.7 Å². The van der Waals surface area contributed by atoms with Crippen molar-refractivity contribution < 1.29 is 13.2 Å². The first kappa shape index (κ1) is 20.5. The van der Waals surface area contributed by atoms with Crippen LogP contribution in [0.25, 0.3) is 0 Å². The van der Waals surface area contributed by atoms with Crippen molar-refractivity contribution in [2.24, 2.45) is 0 Å². The molecule has 0 aliphatic heterocycles. The van der Waals surface area contributed by atoms with E-state index < -0.39 is 10.0 Å². The fraction of sp³-hybridized carbons (Fsp3) is 0.550. The molecule has 0 unspecified atom stereocenters. The van der Waals surface area contributed by atoms with Crippen molar-refractivity contribution >= 4 is 21.6 Å². The summed E-state index contributed by atoms with van der Waals surface area (Å²) in [4.78, 5) is 12.1. The molecule has 1 aliphatic carbocycles. The third-order valence-corrected chi connectivity index (χ3v) is 5.88. The molecule has 0 fully saturated rings. The number of nitrogens with one attached hydrogen (secondary N) is 1. The summed E-state index contributed by atoms with van der Waals surface area (Å²) in [5, 5.41) is 2.95. The second-order valence-corrected chi connectivity index (χ2v) is 9.02. The van der Waals surface area contributed by atoms with E-state index in [1.807, 2.05) is 32.0 Å². The third kappa shape index (κ3) is 6.16. The molecule has 26 heavy (non-hydrogen) atoms. The summed E-state index contributed by atoms with van der Waals surface area (Å²) in [6.45, 7) is 4.76. The van der Waals surface area contributed by atoms with Crippen LogP contribution in [0, 0.1) is 13.8 Å². The molecular weight excluding hydrogens is 348 g/mol. The van der Waals surface area contributed by atoms with Gasteiger partial charge in [-0.25, -0.2) is 8.42 Å². The molecule has 0 radical (unpaired) electrons. The lowest BCUT2D eigenvalue weighted by Crippen LogP contribution is -2.33. The Balaban J connectivity index is 1.90. The monoisotopic (exact) mass is 378 g/mol. The largest absolute Gasteiger partial charge is 0.352 e. The van der Waals surface area contributed by atoms with Gasteiger partial charge in [-0.1, -0.05) is 23.8 Å². The lowest BCUT2D eigenvalue weighted by atomic mass is 10.00. The molecule has 0 saturated heterocycles. The Bertz CT molecular complexity index is 769. The van der Waals surface area contributed by atoms with Gasteiger partial charge in [0.2, 0.25) is 15.9 Å². The first-order valence-electron chi connectivity index (χ1n) is 9.27. The molecule has 1 aromatic rings. The number of benzene rings is 1. The predicted octanol–water partition coefficient (Wildman–Crippen LogP) is 3.47. The van der Waals surface area contributed by atoms with Gasteiger partial charge < -0.3 is 5.32 Å². The van der Waals surface area contributed by atoms with Gasteiger partial charge in [-0.3, -0.25) is 9.10 Å². The van der Waals surface area contributed by atoms with E-state index in [0.29, 0.717) is 31.6 Å². The van der Waals surface area contributed by atoms with Gasteiger partial charge in [0.15, 0.2) is 0 Å².